The zero-order valence-corrected chi connectivity index (χ0v) is 13.3. The Kier molecular flexibility index (Phi) is 3.70. The lowest BCUT2D eigenvalue weighted by atomic mass is 10.2. The number of anilines is 1. The Labute approximate surface area is 137 Å². The number of hydrogen-bond donors (Lipinski definition) is 0. The molecule has 1 aliphatic heterocycles. The van der Waals surface area contributed by atoms with Crippen molar-refractivity contribution in [1.29, 1.82) is 0 Å². The number of halogens is 1. The second kappa shape index (κ2) is 5.83. The highest BCUT2D eigenvalue weighted by Crippen LogP contribution is 2.31. The lowest BCUT2D eigenvalue weighted by molar-refractivity contribution is 0.0419. The standard InChI is InChI=1S/C16H14ClN3OS/c17-11-3-4-12-13(8-11)18-10-19-16(12)20-5-6-21-14(9-20)15-2-1-7-22-15/h1-4,7-8,10,14H,5-6,9H2. The maximum Gasteiger partial charge on any atom is 0.140 e. The largest absolute Gasteiger partial charge is 0.369 e. The number of benzene rings is 1. The third-order valence-electron chi connectivity index (χ3n) is 3.80. The van der Waals surface area contributed by atoms with E-state index < -0.39 is 0 Å². The second-order valence-corrected chi connectivity index (χ2v) is 6.60. The third-order valence-corrected chi connectivity index (χ3v) is 5.00. The molecular formula is C16H14ClN3OS. The number of aromatic nitrogens is 2. The Morgan fingerprint density at radius 2 is 2.23 bits per heavy atom. The van der Waals surface area contributed by atoms with Crippen LogP contribution >= 0.6 is 22.9 Å². The van der Waals surface area contributed by atoms with Crippen LogP contribution in [0.3, 0.4) is 0 Å². The average Bonchev–Trinajstić information content (AvgIpc) is 3.08. The van der Waals surface area contributed by atoms with E-state index in [-0.39, 0.29) is 6.10 Å². The first-order valence-electron chi connectivity index (χ1n) is 7.11. The van der Waals surface area contributed by atoms with Crippen molar-refractivity contribution < 1.29 is 4.74 Å². The molecule has 1 aromatic carbocycles. The van der Waals surface area contributed by atoms with Crippen molar-refractivity contribution in [2.45, 2.75) is 6.10 Å². The first-order valence-corrected chi connectivity index (χ1v) is 8.37. The van der Waals surface area contributed by atoms with E-state index in [0.29, 0.717) is 11.6 Å². The van der Waals surface area contributed by atoms with Crippen LogP contribution in [-0.4, -0.2) is 29.7 Å². The topological polar surface area (TPSA) is 38.2 Å². The van der Waals surface area contributed by atoms with Gasteiger partial charge in [0.05, 0.1) is 18.7 Å². The molecule has 4 nitrogen and oxygen atoms in total. The minimum Gasteiger partial charge on any atom is -0.369 e. The summed E-state index contributed by atoms with van der Waals surface area (Å²) in [5.74, 6) is 0.950. The van der Waals surface area contributed by atoms with Gasteiger partial charge in [-0.1, -0.05) is 17.7 Å². The molecule has 0 bridgehead atoms. The molecule has 1 aliphatic rings. The average molecular weight is 332 g/mol. The molecule has 1 atom stereocenters. The van der Waals surface area contributed by atoms with E-state index in [1.165, 1.54) is 4.88 Å². The Morgan fingerprint density at radius 1 is 1.27 bits per heavy atom. The summed E-state index contributed by atoms with van der Waals surface area (Å²) in [6.45, 7) is 2.33. The number of rotatable bonds is 2. The van der Waals surface area contributed by atoms with Crippen LogP contribution in [0.4, 0.5) is 5.82 Å². The summed E-state index contributed by atoms with van der Waals surface area (Å²) < 4.78 is 5.91. The van der Waals surface area contributed by atoms with Crippen LogP contribution in [0, 0.1) is 0 Å². The number of nitrogens with zero attached hydrogens (tertiary/aromatic N) is 3. The SMILES string of the molecule is Clc1ccc2c(N3CCOC(c4cccs4)C3)ncnc2c1. The van der Waals surface area contributed by atoms with Gasteiger partial charge >= 0.3 is 0 Å². The first kappa shape index (κ1) is 13.9. The Bertz CT molecular complexity index is 793. The quantitative estimate of drug-likeness (QED) is 0.713. The summed E-state index contributed by atoms with van der Waals surface area (Å²) in [6.07, 6.45) is 1.70. The molecule has 0 radical (unpaired) electrons. The van der Waals surface area contributed by atoms with Crippen LogP contribution < -0.4 is 4.90 Å². The van der Waals surface area contributed by atoms with E-state index in [1.54, 1.807) is 17.7 Å². The van der Waals surface area contributed by atoms with Gasteiger partial charge in [-0.2, -0.15) is 0 Å². The van der Waals surface area contributed by atoms with E-state index in [1.807, 2.05) is 18.2 Å². The van der Waals surface area contributed by atoms with E-state index in [0.717, 1.165) is 29.8 Å². The molecule has 0 spiro atoms. The number of hydrogen-bond acceptors (Lipinski definition) is 5. The Morgan fingerprint density at radius 3 is 3.09 bits per heavy atom. The molecule has 2 aromatic heterocycles. The summed E-state index contributed by atoms with van der Waals surface area (Å²) in [7, 11) is 0. The van der Waals surface area contributed by atoms with Gasteiger partial charge in [-0.15, -0.1) is 11.3 Å². The second-order valence-electron chi connectivity index (χ2n) is 5.18. The summed E-state index contributed by atoms with van der Waals surface area (Å²) in [6, 6.07) is 9.93. The Balaban J connectivity index is 1.69. The lowest BCUT2D eigenvalue weighted by Gasteiger charge is -2.33. The molecule has 1 fully saturated rings. The third kappa shape index (κ3) is 2.56. The molecule has 22 heavy (non-hydrogen) atoms. The first-order chi connectivity index (χ1) is 10.8. The summed E-state index contributed by atoms with van der Waals surface area (Å²) in [4.78, 5) is 12.3. The van der Waals surface area contributed by atoms with Gasteiger partial charge in [-0.3, -0.25) is 0 Å². The van der Waals surface area contributed by atoms with Crippen molar-refractivity contribution in [1.82, 2.24) is 9.97 Å². The van der Waals surface area contributed by atoms with E-state index in [2.05, 4.69) is 32.4 Å². The van der Waals surface area contributed by atoms with Crippen molar-refractivity contribution in [3.63, 3.8) is 0 Å². The number of fused-ring (bicyclic) bond motifs is 1. The number of thiophene rings is 1. The zero-order chi connectivity index (χ0) is 14.9. The fraction of sp³-hybridized carbons (Fsp3) is 0.250. The van der Waals surface area contributed by atoms with Crippen LogP contribution in [0.15, 0.2) is 42.0 Å². The van der Waals surface area contributed by atoms with Gasteiger partial charge in [0.2, 0.25) is 0 Å². The summed E-state index contributed by atoms with van der Waals surface area (Å²) >= 11 is 7.79. The van der Waals surface area contributed by atoms with Crippen molar-refractivity contribution in [3.05, 3.63) is 51.9 Å². The minimum absolute atomic E-state index is 0.103. The van der Waals surface area contributed by atoms with Crippen LogP contribution in [-0.2, 0) is 4.74 Å². The Hall–Kier alpha value is -1.69. The predicted octanol–water partition coefficient (Wildman–Crippen LogP) is 3.92. The lowest BCUT2D eigenvalue weighted by Crippen LogP contribution is -2.38. The molecule has 0 saturated carbocycles. The maximum absolute atomic E-state index is 6.05. The van der Waals surface area contributed by atoms with Gasteiger partial charge in [0, 0.05) is 21.8 Å². The van der Waals surface area contributed by atoms with Gasteiger partial charge in [0.15, 0.2) is 0 Å². The van der Waals surface area contributed by atoms with Crippen LogP contribution in [0.5, 0.6) is 0 Å². The fourth-order valence-electron chi connectivity index (χ4n) is 2.76. The molecule has 0 amide bonds. The molecule has 3 aromatic rings. The smallest absolute Gasteiger partial charge is 0.140 e. The number of morpholine rings is 1. The number of ether oxygens (including phenoxy) is 1. The molecular weight excluding hydrogens is 318 g/mol. The van der Waals surface area contributed by atoms with Gasteiger partial charge in [-0.05, 0) is 29.6 Å². The van der Waals surface area contributed by atoms with Gasteiger partial charge in [0.1, 0.15) is 18.2 Å². The van der Waals surface area contributed by atoms with Crippen LogP contribution in [0.2, 0.25) is 5.02 Å². The highest BCUT2D eigenvalue weighted by atomic mass is 35.5. The summed E-state index contributed by atoms with van der Waals surface area (Å²) in [5.41, 5.74) is 0.872. The molecule has 1 saturated heterocycles. The molecule has 6 heteroatoms. The van der Waals surface area contributed by atoms with E-state index >= 15 is 0 Å². The fourth-order valence-corrected chi connectivity index (χ4v) is 3.69. The molecule has 112 valence electrons. The molecule has 4 rings (SSSR count). The zero-order valence-electron chi connectivity index (χ0n) is 11.8. The maximum atomic E-state index is 6.05. The van der Waals surface area contributed by atoms with Crippen molar-refractivity contribution >= 4 is 39.7 Å². The molecule has 1 unspecified atom stereocenters. The highest BCUT2D eigenvalue weighted by Gasteiger charge is 2.24. The normalized spacial score (nSPS) is 18.8. The van der Waals surface area contributed by atoms with Crippen LogP contribution in [0.1, 0.15) is 11.0 Å². The molecule has 3 heterocycles. The molecule has 0 N–H and O–H groups in total. The highest BCUT2D eigenvalue weighted by molar-refractivity contribution is 7.10. The monoisotopic (exact) mass is 331 g/mol. The van der Waals surface area contributed by atoms with E-state index in [9.17, 15) is 0 Å². The van der Waals surface area contributed by atoms with E-state index in [4.69, 9.17) is 16.3 Å². The van der Waals surface area contributed by atoms with Gasteiger partial charge in [0.25, 0.3) is 0 Å². The van der Waals surface area contributed by atoms with Crippen molar-refractivity contribution in [2.24, 2.45) is 0 Å². The van der Waals surface area contributed by atoms with Crippen molar-refractivity contribution in [2.75, 3.05) is 24.6 Å². The summed E-state index contributed by atoms with van der Waals surface area (Å²) in [5, 5.41) is 3.80. The predicted molar refractivity (Wildman–Crippen MR) is 89.8 cm³/mol. The van der Waals surface area contributed by atoms with Crippen LogP contribution in [0.25, 0.3) is 10.9 Å². The van der Waals surface area contributed by atoms with Crippen molar-refractivity contribution in [3.8, 4) is 0 Å². The van der Waals surface area contributed by atoms with Gasteiger partial charge in [-0.25, -0.2) is 9.97 Å². The molecule has 0 aliphatic carbocycles. The minimum atomic E-state index is 0.103. The van der Waals surface area contributed by atoms with Gasteiger partial charge < -0.3 is 9.64 Å².